The zero-order valence-electron chi connectivity index (χ0n) is 19.0. The van der Waals surface area contributed by atoms with Crippen molar-refractivity contribution in [1.82, 2.24) is 10.6 Å². The highest BCUT2D eigenvalue weighted by Crippen LogP contribution is 2.30. The maximum atomic E-state index is 12.9. The average Bonchev–Trinajstić information content (AvgIpc) is 2.80. The minimum Gasteiger partial charge on any atom is -0.383 e. The van der Waals surface area contributed by atoms with E-state index in [1.165, 1.54) is 5.56 Å². The molecule has 1 heterocycles. The summed E-state index contributed by atoms with van der Waals surface area (Å²) in [7, 11) is 1.61. The molecule has 3 amide bonds. The van der Waals surface area contributed by atoms with Crippen molar-refractivity contribution < 1.29 is 14.3 Å². The highest BCUT2D eigenvalue weighted by atomic mass is 16.5. The van der Waals surface area contributed by atoms with Crippen LogP contribution in [0.3, 0.4) is 0 Å². The van der Waals surface area contributed by atoms with Gasteiger partial charge in [0, 0.05) is 44.7 Å². The normalized spacial score (nSPS) is 14.1. The van der Waals surface area contributed by atoms with E-state index in [4.69, 9.17) is 4.74 Å². The van der Waals surface area contributed by atoms with E-state index < -0.39 is 0 Å². The Morgan fingerprint density at radius 3 is 2.50 bits per heavy atom. The second-order valence-corrected chi connectivity index (χ2v) is 8.09. The van der Waals surface area contributed by atoms with Gasteiger partial charge in [-0.05, 0) is 55.9 Å². The number of urea groups is 1. The summed E-state index contributed by atoms with van der Waals surface area (Å²) in [6, 6.07) is 15.9. The number of carbonyl (C=O) groups excluding carboxylic acids is 2. The zero-order valence-corrected chi connectivity index (χ0v) is 19.0. The third kappa shape index (κ3) is 6.72. The molecule has 2 aromatic carbocycles. The van der Waals surface area contributed by atoms with Gasteiger partial charge in [0.05, 0.1) is 12.2 Å². The second-order valence-electron chi connectivity index (χ2n) is 8.09. The minimum atomic E-state index is -0.285. The van der Waals surface area contributed by atoms with Crippen LogP contribution in [-0.2, 0) is 11.2 Å². The maximum Gasteiger partial charge on any atom is 0.319 e. The lowest BCUT2D eigenvalue weighted by Gasteiger charge is -2.35. The van der Waals surface area contributed by atoms with Crippen molar-refractivity contribution in [2.75, 3.05) is 50.1 Å². The third-order valence-corrected chi connectivity index (χ3v) is 5.75. The van der Waals surface area contributed by atoms with Crippen LogP contribution < -0.4 is 20.9 Å². The summed E-state index contributed by atoms with van der Waals surface area (Å²) in [5, 5.41) is 8.41. The molecular weight excluding hydrogens is 404 g/mol. The molecule has 0 aromatic heterocycles. The molecule has 0 radical (unpaired) electrons. The fraction of sp³-hybridized carbons (Fsp3) is 0.440. The average molecular weight is 439 g/mol. The lowest BCUT2D eigenvalue weighted by atomic mass is 9.89. The Kier molecular flexibility index (Phi) is 8.92. The summed E-state index contributed by atoms with van der Waals surface area (Å²) in [5.74, 6) is 0.481. The van der Waals surface area contributed by atoms with Crippen LogP contribution in [0.2, 0.25) is 0 Å². The van der Waals surface area contributed by atoms with Crippen molar-refractivity contribution in [2.45, 2.75) is 26.2 Å². The Balaban J connectivity index is 1.71. The van der Waals surface area contributed by atoms with E-state index in [1.807, 2.05) is 19.1 Å². The van der Waals surface area contributed by atoms with Gasteiger partial charge in [-0.1, -0.05) is 30.3 Å². The number of anilines is 2. The number of methoxy groups -OCH3 is 1. The van der Waals surface area contributed by atoms with Gasteiger partial charge in [-0.15, -0.1) is 0 Å². The monoisotopic (exact) mass is 438 g/mol. The van der Waals surface area contributed by atoms with Gasteiger partial charge in [0.15, 0.2) is 0 Å². The third-order valence-electron chi connectivity index (χ3n) is 5.75. The molecule has 7 heteroatoms. The second kappa shape index (κ2) is 12.1. The largest absolute Gasteiger partial charge is 0.383 e. The maximum absolute atomic E-state index is 12.9. The molecule has 172 valence electrons. The van der Waals surface area contributed by atoms with Crippen LogP contribution in [-0.4, -0.2) is 51.8 Å². The van der Waals surface area contributed by atoms with E-state index in [1.54, 1.807) is 13.2 Å². The summed E-state index contributed by atoms with van der Waals surface area (Å²) < 4.78 is 5.05. The fourth-order valence-corrected chi connectivity index (χ4v) is 4.09. The van der Waals surface area contributed by atoms with Gasteiger partial charge in [0.1, 0.15) is 0 Å². The van der Waals surface area contributed by atoms with Crippen molar-refractivity contribution >= 4 is 23.3 Å². The van der Waals surface area contributed by atoms with Gasteiger partial charge in [-0.3, -0.25) is 4.79 Å². The first-order chi connectivity index (χ1) is 15.6. The summed E-state index contributed by atoms with van der Waals surface area (Å²) in [6.45, 7) is 5.08. The molecule has 32 heavy (non-hydrogen) atoms. The Labute approximate surface area is 190 Å². The molecule has 0 spiro atoms. The lowest BCUT2D eigenvalue weighted by molar-refractivity contribution is 0.0937. The molecule has 2 aromatic rings. The summed E-state index contributed by atoms with van der Waals surface area (Å²) >= 11 is 0. The molecule has 0 saturated carbocycles. The van der Waals surface area contributed by atoms with Gasteiger partial charge in [-0.25, -0.2) is 4.79 Å². The van der Waals surface area contributed by atoms with Gasteiger partial charge >= 0.3 is 6.03 Å². The van der Waals surface area contributed by atoms with Crippen LogP contribution in [0.15, 0.2) is 48.5 Å². The molecule has 3 rings (SSSR count). The Morgan fingerprint density at radius 2 is 1.81 bits per heavy atom. The van der Waals surface area contributed by atoms with Crippen LogP contribution in [0.4, 0.5) is 16.2 Å². The highest BCUT2D eigenvalue weighted by Gasteiger charge is 2.23. The smallest absolute Gasteiger partial charge is 0.319 e. The van der Waals surface area contributed by atoms with Gasteiger partial charge in [0.2, 0.25) is 0 Å². The van der Waals surface area contributed by atoms with Crippen LogP contribution in [0.25, 0.3) is 0 Å². The molecule has 1 aliphatic rings. The number of piperidine rings is 1. The van der Waals surface area contributed by atoms with Gasteiger partial charge < -0.3 is 25.6 Å². The van der Waals surface area contributed by atoms with E-state index in [0.29, 0.717) is 36.9 Å². The van der Waals surface area contributed by atoms with E-state index >= 15 is 0 Å². The van der Waals surface area contributed by atoms with Crippen molar-refractivity contribution in [3.63, 3.8) is 0 Å². The molecule has 3 N–H and O–H groups in total. The number of carbonyl (C=O) groups is 2. The van der Waals surface area contributed by atoms with E-state index in [0.717, 1.165) is 38.0 Å². The molecule has 0 atom stereocenters. The first-order valence-corrected chi connectivity index (χ1v) is 11.4. The molecule has 1 fully saturated rings. The summed E-state index contributed by atoms with van der Waals surface area (Å²) in [6.07, 6.45) is 3.26. The number of ether oxygens (including phenoxy) is 1. The Bertz CT molecular complexity index is 880. The topological polar surface area (TPSA) is 82.7 Å². The fourth-order valence-electron chi connectivity index (χ4n) is 4.09. The summed E-state index contributed by atoms with van der Waals surface area (Å²) in [5.41, 5.74) is 3.44. The van der Waals surface area contributed by atoms with Gasteiger partial charge in [-0.2, -0.15) is 0 Å². The number of nitrogens with zero attached hydrogens (tertiary/aromatic N) is 1. The predicted octanol–water partition coefficient (Wildman–Crippen LogP) is 3.66. The SMILES string of the molecule is CCNC(=O)Nc1ccc(N2CCC(Cc3ccccc3)CC2)c(C(=O)NCCOC)c1. The standard InChI is InChI=1S/C25H34N4O3/c1-3-26-25(31)28-21-9-10-23(22(18-21)24(30)27-13-16-32-2)29-14-11-20(12-15-29)17-19-7-5-4-6-8-19/h4-10,18,20H,3,11-17H2,1-2H3,(H,27,30)(H2,26,28,31). The van der Waals surface area contributed by atoms with E-state index in [9.17, 15) is 9.59 Å². The number of nitrogens with one attached hydrogen (secondary N) is 3. The van der Waals surface area contributed by atoms with Crippen molar-refractivity contribution in [2.24, 2.45) is 5.92 Å². The zero-order chi connectivity index (χ0) is 22.8. The minimum absolute atomic E-state index is 0.164. The molecule has 0 unspecified atom stereocenters. The molecule has 0 aliphatic carbocycles. The number of amides is 3. The molecule has 7 nitrogen and oxygen atoms in total. The number of rotatable bonds is 9. The van der Waals surface area contributed by atoms with Crippen LogP contribution >= 0.6 is 0 Å². The first-order valence-electron chi connectivity index (χ1n) is 11.4. The highest BCUT2D eigenvalue weighted by molar-refractivity contribution is 6.02. The Hall–Kier alpha value is -3.06. The molecule has 1 saturated heterocycles. The lowest BCUT2D eigenvalue weighted by Crippen LogP contribution is -2.36. The molecular formula is C25H34N4O3. The molecule has 0 bridgehead atoms. The van der Waals surface area contributed by atoms with Crippen molar-refractivity contribution in [3.05, 3.63) is 59.7 Å². The predicted molar refractivity (Wildman–Crippen MR) is 128 cm³/mol. The van der Waals surface area contributed by atoms with Crippen molar-refractivity contribution in [1.29, 1.82) is 0 Å². The van der Waals surface area contributed by atoms with Crippen molar-refractivity contribution in [3.8, 4) is 0 Å². The summed E-state index contributed by atoms with van der Waals surface area (Å²) in [4.78, 5) is 27.1. The van der Waals surface area contributed by atoms with E-state index in [-0.39, 0.29) is 11.9 Å². The number of benzene rings is 2. The van der Waals surface area contributed by atoms with Crippen LogP contribution in [0.5, 0.6) is 0 Å². The molecule has 1 aliphatic heterocycles. The van der Waals surface area contributed by atoms with Crippen LogP contribution in [0.1, 0.15) is 35.7 Å². The number of hydrogen-bond donors (Lipinski definition) is 3. The number of hydrogen-bond acceptors (Lipinski definition) is 4. The Morgan fingerprint density at radius 1 is 1.06 bits per heavy atom. The van der Waals surface area contributed by atoms with Gasteiger partial charge in [0.25, 0.3) is 5.91 Å². The van der Waals surface area contributed by atoms with Crippen LogP contribution in [0, 0.1) is 5.92 Å². The first kappa shape index (κ1) is 23.6. The van der Waals surface area contributed by atoms with E-state index in [2.05, 4.69) is 51.2 Å². The quantitative estimate of drug-likeness (QED) is 0.522.